The predicted octanol–water partition coefficient (Wildman–Crippen LogP) is 1.83. The van der Waals surface area contributed by atoms with Gasteiger partial charge in [0.25, 0.3) is 0 Å². The van der Waals surface area contributed by atoms with Crippen molar-refractivity contribution in [1.82, 2.24) is 5.32 Å². The molecule has 1 fully saturated rings. The number of nitrogens with one attached hydrogen (secondary N) is 1. The van der Waals surface area contributed by atoms with E-state index in [0.29, 0.717) is 10.7 Å². The molecule has 1 aromatic carbocycles. The molecule has 2 rings (SSSR count). The molecule has 1 saturated heterocycles. The van der Waals surface area contributed by atoms with E-state index in [1.807, 2.05) is 0 Å². The van der Waals surface area contributed by atoms with Crippen LogP contribution in [0.5, 0.6) is 0 Å². The van der Waals surface area contributed by atoms with Crippen molar-refractivity contribution >= 4 is 29.1 Å². The van der Waals surface area contributed by atoms with Gasteiger partial charge in [0.05, 0.1) is 17.5 Å². The Morgan fingerprint density at radius 1 is 1.44 bits per heavy atom. The van der Waals surface area contributed by atoms with E-state index >= 15 is 0 Å². The Morgan fingerprint density at radius 2 is 2.22 bits per heavy atom. The van der Waals surface area contributed by atoms with E-state index in [1.165, 1.54) is 30.8 Å². The van der Waals surface area contributed by atoms with Crippen LogP contribution in [0, 0.1) is 18.6 Å². The van der Waals surface area contributed by atoms with Crippen molar-refractivity contribution in [2.45, 2.75) is 6.92 Å². The number of halogens is 2. The molecule has 1 aliphatic heterocycles. The van der Waals surface area contributed by atoms with E-state index in [4.69, 9.17) is 0 Å². The third-order valence-corrected chi connectivity index (χ3v) is 3.11. The highest BCUT2D eigenvalue weighted by Gasteiger charge is 2.16. The highest BCUT2D eigenvalue weighted by Crippen LogP contribution is 2.14. The zero-order valence-electron chi connectivity index (χ0n) is 9.41. The first-order chi connectivity index (χ1) is 8.58. The van der Waals surface area contributed by atoms with Gasteiger partial charge in [0.15, 0.2) is 5.17 Å². The molecule has 7 heteroatoms. The third kappa shape index (κ3) is 2.73. The Morgan fingerprint density at radius 3 is 2.89 bits per heavy atom. The van der Waals surface area contributed by atoms with Gasteiger partial charge < -0.3 is 5.32 Å². The van der Waals surface area contributed by atoms with E-state index in [2.05, 4.69) is 15.5 Å². The second kappa shape index (κ2) is 5.26. The van der Waals surface area contributed by atoms with Gasteiger partial charge in [-0.25, -0.2) is 8.78 Å². The third-order valence-electron chi connectivity index (χ3n) is 2.24. The van der Waals surface area contributed by atoms with Gasteiger partial charge in [-0.15, -0.1) is 5.10 Å². The summed E-state index contributed by atoms with van der Waals surface area (Å²) in [7, 11) is 0. The first-order valence-corrected chi connectivity index (χ1v) is 6.05. The molecule has 1 aliphatic rings. The van der Waals surface area contributed by atoms with E-state index in [9.17, 15) is 13.6 Å². The summed E-state index contributed by atoms with van der Waals surface area (Å²) in [5.74, 6) is -1.25. The first kappa shape index (κ1) is 12.7. The Hall–Kier alpha value is -1.76. The summed E-state index contributed by atoms with van der Waals surface area (Å²) in [5, 5.41) is 10.0. The van der Waals surface area contributed by atoms with Crippen molar-refractivity contribution in [3.63, 3.8) is 0 Å². The van der Waals surface area contributed by atoms with Crippen molar-refractivity contribution < 1.29 is 13.6 Å². The molecule has 4 nitrogen and oxygen atoms in total. The number of carbonyl (C=O) groups excluding carboxylic acids is 1. The molecule has 18 heavy (non-hydrogen) atoms. The van der Waals surface area contributed by atoms with Gasteiger partial charge in [-0.1, -0.05) is 17.8 Å². The molecular weight excluding hydrogens is 260 g/mol. The molecule has 0 aliphatic carbocycles. The SMILES string of the molecule is Cc1ccc(F)c(C=NN=C2NC(=O)CS2)c1F. The van der Waals surface area contributed by atoms with Crippen LogP contribution in [0.3, 0.4) is 0 Å². The van der Waals surface area contributed by atoms with Crippen molar-refractivity contribution in [3.8, 4) is 0 Å². The Bertz CT molecular complexity index is 557. The molecular formula is C11H9F2N3OS. The zero-order chi connectivity index (χ0) is 13.1. The summed E-state index contributed by atoms with van der Waals surface area (Å²) in [5.41, 5.74) is 0.0859. The van der Waals surface area contributed by atoms with Crippen LogP contribution in [0.2, 0.25) is 0 Å². The van der Waals surface area contributed by atoms with E-state index in [1.54, 1.807) is 0 Å². The molecule has 0 spiro atoms. The van der Waals surface area contributed by atoms with Gasteiger partial charge in [-0.05, 0) is 18.6 Å². The maximum atomic E-state index is 13.6. The van der Waals surface area contributed by atoms with Crippen LogP contribution >= 0.6 is 11.8 Å². The predicted molar refractivity (Wildman–Crippen MR) is 66.7 cm³/mol. The second-order valence-corrected chi connectivity index (χ2v) is 4.54. The fourth-order valence-corrected chi connectivity index (χ4v) is 1.95. The van der Waals surface area contributed by atoms with Crippen molar-refractivity contribution in [1.29, 1.82) is 0 Å². The molecule has 0 saturated carbocycles. The average molecular weight is 269 g/mol. The van der Waals surface area contributed by atoms with E-state index in [0.717, 1.165) is 6.21 Å². The number of aryl methyl sites for hydroxylation is 1. The number of rotatable bonds is 2. The largest absolute Gasteiger partial charge is 0.303 e. The van der Waals surface area contributed by atoms with Gasteiger partial charge in [0, 0.05) is 0 Å². The van der Waals surface area contributed by atoms with Crippen LogP contribution in [0.4, 0.5) is 8.78 Å². The maximum absolute atomic E-state index is 13.6. The molecule has 0 aromatic heterocycles. The number of nitrogens with zero attached hydrogens (tertiary/aromatic N) is 2. The molecule has 94 valence electrons. The van der Waals surface area contributed by atoms with E-state index < -0.39 is 11.6 Å². The zero-order valence-corrected chi connectivity index (χ0v) is 10.2. The molecule has 1 aromatic rings. The van der Waals surface area contributed by atoms with Crippen LogP contribution in [0.25, 0.3) is 0 Å². The highest BCUT2D eigenvalue weighted by molar-refractivity contribution is 8.15. The standard InChI is InChI=1S/C11H9F2N3OS/c1-6-2-3-8(12)7(10(6)13)4-14-16-11-15-9(17)5-18-11/h2-4H,5H2,1H3,(H,15,16,17). The minimum atomic E-state index is -0.704. The lowest BCUT2D eigenvalue weighted by Gasteiger charge is -2.00. The minimum Gasteiger partial charge on any atom is -0.303 e. The lowest BCUT2D eigenvalue weighted by molar-refractivity contribution is -0.116. The summed E-state index contributed by atoms with van der Waals surface area (Å²) in [6.07, 6.45) is 0.996. The van der Waals surface area contributed by atoms with E-state index in [-0.39, 0.29) is 17.2 Å². The van der Waals surface area contributed by atoms with Crippen molar-refractivity contribution in [3.05, 3.63) is 34.9 Å². The molecule has 1 N–H and O–H groups in total. The van der Waals surface area contributed by atoms with Gasteiger partial charge in [0.1, 0.15) is 11.6 Å². The van der Waals surface area contributed by atoms with Crippen LogP contribution in [-0.2, 0) is 4.79 Å². The van der Waals surface area contributed by atoms with Crippen LogP contribution in [-0.4, -0.2) is 23.0 Å². The van der Waals surface area contributed by atoms with Gasteiger partial charge >= 0.3 is 0 Å². The lowest BCUT2D eigenvalue weighted by Crippen LogP contribution is -2.19. The van der Waals surface area contributed by atoms with Crippen LogP contribution < -0.4 is 5.32 Å². The van der Waals surface area contributed by atoms with Crippen LogP contribution in [0.1, 0.15) is 11.1 Å². The monoisotopic (exact) mass is 269 g/mol. The molecule has 1 heterocycles. The number of carbonyl (C=O) groups is 1. The first-order valence-electron chi connectivity index (χ1n) is 5.06. The molecule has 0 bridgehead atoms. The van der Waals surface area contributed by atoms with Crippen molar-refractivity contribution in [2.24, 2.45) is 10.2 Å². The number of benzene rings is 1. The quantitative estimate of drug-likeness (QED) is 0.657. The number of hydrogen-bond donors (Lipinski definition) is 1. The highest BCUT2D eigenvalue weighted by atomic mass is 32.2. The maximum Gasteiger partial charge on any atom is 0.236 e. The summed E-state index contributed by atoms with van der Waals surface area (Å²) in [4.78, 5) is 10.9. The van der Waals surface area contributed by atoms with Crippen molar-refractivity contribution in [2.75, 3.05) is 5.75 Å². The number of thioether (sulfide) groups is 1. The Balaban J connectivity index is 2.19. The minimum absolute atomic E-state index is 0.165. The summed E-state index contributed by atoms with van der Waals surface area (Å²) < 4.78 is 26.9. The van der Waals surface area contributed by atoms with Gasteiger partial charge in [-0.3, -0.25) is 4.79 Å². The summed E-state index contributed by atoms with van der Waals surface area (Å²) in [6, 6.07) is 2.51. The molecule has 0 unspecified atom stereocenters. The number of hydrogen-bond acceptors (Lipinski definition) is 4. The summed E-state index contributed by atoms with van der Waals surface area (Å²) >= 11 is 1.19. The number of amides is 1. The Kier molecular flexibility index (Phi) is 3.71. The fraction of sp³-hybridized carbons (Fsp3) is 0.182. The Labute approximate surface area is 106 Å². The smallest absolute Gasteiger partial charge is 0.236 e. The molecule has 1 amide bonds. The van der Waals surface area contributed by atoms with Crippen LogP contribution in [0.15, 0.2) is 22.3 Å². The summed E-state index contributed by atoms with van der Waals surface area (Å²) in [6.45, 7) is 1.53. The van der Waals surface area contributed by atoms with Gasteiger partial charge in [-0.2, -0.15) is 5.10 Å². The normalized spacial score (nSPS) is 17.7. The lowest BCUT2D eigenvalue weighted by atomic mass is 10.1. The fourth-order valence-electron chi connectivity index (χ4n) is 1.31. The molecule has 0 atom stereocenters. The topological polar surface area (TPSA) is 53.8 Å². The van der Waals surface area contributed by atoms with Gasteiger partial charge in [0.2, 0.25) is 5.91 Å². The molecule has 0 radical (unpaired) electrons. The number of amidine groups is 1. The average Bonchev–Trinajstić information content (AvgIpc) is 2.74. The second-order valence-electron chi connectivity index (χ2n) is 3.58.